The Balaban J connectivity index is 1.82. The number of aromatic nitrogens is 1. The number of carbonyl (C=O) groups excluding carboxylic acids is 1. The fourth-order valence-electron chi connectivity index (χ4n) is 2.91. The summed E-state index contributed by atoms with van der Waals surface area (Å²) in [7, 11) is 0. The number of amides is 1. The van der Waals surface area contributed by atoms with E-state index in [4.69, 9.17) is 23.2 Å². The van der Waals surface area contributed by atoms with E-state index in [1.54, 1.807) is 11.7 Å². The Kier molecular flexibility index (Phi) is 6.30. The van der Waals surface area contributed by atoms with Gasteiger partial charge in [0.05, 0.1) is 11.7 Å². The van der Waals surface area contributed by atoms with Gasteiger partial charge in [0, 0.05) is 22.5 Å². The van der Waals surface area contributed by atoms with Crippen LogP contribution < -0.4 is 5.32 Å². The summed E-state index contributed by atoms with van der Waals surface area (Å²) in [6, 6.07) is 15.6. The fourth-order valence-corrected chi connectivity index (χ4v) is 3.70. The monoisotopic (exact) mass is 404 g/mol. The van der Waals surface area contributed by atoms with Gasteiger partial charge in [-0.2, -0.15) is 0 Å². The van der Waals surface area contributed by atoms with E-state index in [1.165, 1.54) is 16.9 Å². The van der Waals surface area contributed by atoms with Crippen LogP contribution in [0.4, 0.5) is 0 Å². The van der Waals surface area contributed by atoms with Crippen LogP contribution in [0.5, 0.6) is 0 Å². The summed E-state index contributed by atoms with van der Waals surface area (Å²) >= 11 is 13.4. The number of carbonyl (C=O) groups is 1. The Hall–Kier alpha value is -1.88. The average molecular weight is 405 g/mol. The average Bonchev–Trinajstić information content (AvgIpc) is 3.18. The van der Waals surface area contributed by atoms with Gasteiger partial charge in [0.2, 0.25) is 0 Å². The lowest BCUT2D eigenvalue weighted by Gasteiger charge is -2.25. The van der Waals surface area contributed by atoms with E-state index in [9.17, 15) is 4.79 Å². The summed E-state index contributed by atoms with van der Waals surface area (Å²) in [5.74, 6) is 0.190. The van der Waals surface area contributed by atoms with Gasteiger partial charge in [0.25, 0.3) is 5.91 Å². The SMILES string of the molecule is CC(c1ccc(Cl)cc1)C(CNC(=O)c1cncs1)c1ccc(Cl)cc1. The lowest BCUT2D eigenvalue weighted by atomic mass is 9.82. The molecule has 0 aliphatic rings. The zero-order valence-electron chi connectivity index (χ0n) is 14.2. The molecule has 0 saturated carbocycles. The zero-order chi connectivity index (χ0) is 18.5. The van der Waals surface area contributed by atoms with Crippen molar-refractivity contribution in [3.8, 4) is 0 Å². The molecule has 0 fully saturated rings. The molecule has 3 rings (SSSR count). The van der Waals surface area contributed by atoms with E-state index in [0.29, 0.717) is 21.5 Å². The Labute approximate surface area is 167 Å². The molecule has 0 aliphatic carbocycles. The van der Waals surface area contributed by atoms with Gasteiger partial charge in [-0.1, -0.05) is 54.4 Å². The van der Waals surface area contributed by atoms with Crippen LogP contribution in [0.2, 0.25) is 10.0 Å². The lowest BCUT2D eigenvalue weighted by Crippen LogP contribution is -2.30. The molecule has 0 saturated heterocycles. The van der Waals surface area contributed by atoms with E-state index >= 15 is 0 Å². The highest BCUT2D eigenvalue weighted by molar-refractivity contribution is 7.11. The second kappa shape index (κ2) is 8.67. The Morgan fingerprint density at radius 1 is 1.04 bits per heavy atom. The molecule has 26 heavy (non-hydrogen) atoms. The summed E-state index contributed by atoms with van der Waals surface area (Å²) in [4.78, 5) is 16.9. The van der Waals surface area contributed by atoms with Crippen molar-refractivity contribution in [1.82, 2.24) is 10.3 Å². The first-order valence-corrected chi connectivity index (χ1v) is 9.86. The van der Waals surface area contributed by atoms with Gasteiger partial charge in [-0.3, -0.25) is 9.78 Å². The molecule has 3 aromatic rings. The summed E-state index contributed by atoms with van der Waals surface area (Å²) < 4.78 is 0. The van der Waals surface area contributed by atoms with Gasteiger partial charge < -0.3 is 5.32 Å². The molecule has 0 radical (unpaired) electrons. The number of hydrogen-bond acceptors (Lipinski definition) is 3. The molecule has 1 amide bonds. The van der Waals surface area contributed by atoms with Crippen molar-refractivity contribution in [2.24, 2.45) is 0 Å². The molecular formula is C20H18Cl2N2OS. The van der Waals surface area contributed by atoms with Crippen LogP contribution >= 0.6 is 34.5 Å². The molecular weight excluding hydrogens is 387 g/mol. The van der Waals surface area contributed by atoms with Crippen molar-refractivity contribution in [2.45, 2.75) is 18.8 Å². The highest BCUT2D eigenvalue weighted by Gasteiger charge is 2.22. The highest BCUT2D eigenvalue weighted by Crippen LogP contribution is 2.33. The van der Waals surface area contributed by atoms with Crippen molar-refractivity contribution in [3.05, 3.63) is 86.3 Å². The predicted molar refractivity (Wildman–Crippen MR) is 109 cm³/mol. The van der Waals surface area contributed by atoms with Gasteiger partial charge in [0.15, 0.2) is 0 Å². The molecule has 2 aromatic carbocycles. The van der Waals surface area contributed by atoms with Crippen molar-refractivity contribution in [1.29, 1.82) is 0 Å². The number of nitrogens with zero attached hydrogens (tertiary/aromatic N) is 1. The number of rotatable bonds is 6. The second-order valence-electron chi connectivity index (χ2n) is 6.07. The maximum absolute atomic E-state index is 12.3. The van der Waals surface area contributed by atoms with Crippen molar-refractivity contribution in [2.75, 3.05) is 6.54 Å². The van der Waals surface area contributed by atoms with Gasteiger partial charge in [-0.15, -0.1) is 11.3 Å². The molecule has 0 bridgehead atoms. The molecule has 134 valence electrons. The topological polar surface area (TPSA) is 42.0 Å². The smallest absolute Gasteiger partial charge is 0.263 e. The summed E-state index contributed by atoms with van der Waals surface area (Å²) in [6.07, 6.45) is 1.58. The van der Waals surface area contributed by atoms with E-state index in [2.05, 4.69) is 17.2 Å². The molecule has 2 unspecified atom stereocenters. The largest absolute Gasteiger partial charge is 0.351 e. The first-order valence-electron chi connectivity index (χ1n) is 8.22. The number of thiazole rings is 1. The predicted octanol–water partition coefficient (Wildman–Crippen LogP) is 5.77. The highest BCUT2D eigenvalue weighted by atomic mass is 35.5. The number of nitrogens with one attached hydrogen (secondary N) is 1. The van der Waals surface area contributed by atoms with Crippen LogP contribution in [0.25, 0.3) is 0 Å². The van der Waals surface area contributed by atoms with Gasteiger partial charge in [0.1, 0.15) is 4.88 Å². The summed E-state index contributed by atoms with van der Waals surface area (Å²) in [5.41, 5.74) is 3.95. The molecule has 2 atom stereocenters. The van der Waals surface area contributed by atoms with Crippen LogP contribution in [-0.2, 0) is 0 Å². The normalized spacial score (nSPS) is 13.2. The minimum Gasteiger partial charge on any atom is -0.351 e. The first-order chi connectivity index (χ1) is 12.5. The Morgan fingerprint density at radius 2 is 1.62 bits per heavy atom. The van der Waals surface area contributed by atoms with Gasteiger partial charge >= 0.3 is 0 Å². The molecule has 1 N–H and O–H groups in total. The second-order valence-corrected chi connectivity index (χ2v) is 7.83. The van der Waals surface area contributed by atoms with Crippen LogP contribution in [0, 0.1) is 0 Å². The third-order valence-corrected chi connectivity index (χ3v) is 5.71. The van der Waals surface area contributed by atoms with E-state index in [-0.39, 0.29) is 17.7 Å². The van der Waals surface area contributed by atoms with Crippen LogP contribution in [0.3, 0.4) is 0 Å². The Morgan fingerprint density at radius 3 is 2.15 bits per heavy atom. The van der Waals surface area contributed by atoms with Crippen LogP contribution in [-0.4, -0.2) is 17.4 Å². The van der Waals surface area contributed by atoms with E-state index < -0.39 is 0 Å². The molecule has 1 aromatic heterocycles. The third-order valence-electron chi connectivity index (χ3n) is 4.44. The van der Waals surface area contributed by atoms with Crippen LogP contribution in [0.1, 0.15) is 39.6 Å². The minimum atomic E-state index is -0.102. The standard InChI is InChI=1S/C20H18Cl2N2OS/c1-13(14-2-6-16(21)7-3-14)18(15-4-8-17(22)9-5-15)10-24-20(25)19-11-23-12-26-19/h2-9,11-13,18H,10H2,1H3,(H,24,25). The molecule has 0 aliphatic heterocycles. The van der Waals surface area contributed by atoms with Crippen molar-refractivity contribution < 1.29 is 4.79 Å². The molecule has 1 heterocycles. The summed E-state index contributed by atoms with van der Waals surface area (Å²) in [6.45, 7) is 2.67. The number of hydrogen-bond donors (Lipinski definition) is 1. The maximum Gasteiger partial charge on any atom is 0.263 e. The number of halogens is 2. The lowest BCUT2D eigenvalue weighted by molar-refractivity contribution is 0.0954. The molecule has 3 nitrogen and oxygen atoms in total. The van der Waals surface area contributed by atoms with Crippen LogP contribution in [0.15, 0.2) is 60.2 Å². The van der Waals surface area contributed by atoms with Gasteiger partial charge in [-0.25, -0.2) is 0 Å². The Bertz CT molecular complexity index is 849. The van der Waals surface area contributed by atoms with Crippen molar-refractivity contribution >= 4 is 40.4 Å². The van der Waals surface area contributed by atoms with Crippen molar-refractivity contribution in [3.63, 3.8) is 0 Å². The number of benzene rings is 2. The van der Waals surface area contributed by atoms with Gasteiger partial charge in [-0.05, 0) is 41.3 Å². The zero-order valence-corrected chi connectivity index (χ0v) is 16.5. The first kappa shape index (κ1) is 18.9. The maximum atomic E-state index is 12.3. The minimum absolute atomic E-state index is 0.102. The van der Waals surface area contributed by atoms with E-state index in [1.807, 2.05) is 48.5 Å². The van der Waals surface area contributed by atoms with E-state index in [0.717, 1.165) is 5.56 Å². The summed E-state index contributed by atoms with van der Waals surface area (Å²) in [5, 5.41) is 4.44. The molecule has 0 spiro atoms. The molecule has 6 heteroatoms. The third kappa shape index (κ3) is 4.64. The fraction of sp³-hybridized carbons (Fsp3) is 0.200. The quantitative estimate of drug-likeness (QED) is 0.566.